The summed E-state index contributed by atoms with van der Waals surface area (Å²) in [5.41, 5.74) is 8.09. The maximum Gasteiger partial charge on any atom is 0.308 e. The predicted molar refractivity (Wildman–Crippen MR) is 111 cm³/mol. The summed E-state index contributed by atoms with van der Waals surface area (Å²) in [7, 11) is 0. The number of nitrogens with zero attached hydrogens (tertiary/aromatic N) is 3. The van der Waals surface area contributed by atoms with Crippen molar-refractivity contribution in [2.75, 3.05) is 5.73 Å². The Kier molecular flexibility index (Phi) is 6.41. The average Bonchev–Trinajstić information content (AvgIpc) is 3.00. The number of pyridine rings is 1. The fourth-order valence-electron chi connectivity index (χ4n) is 3.01. The van der Waals surface area contributed by atoms with Gasteiger partial charge in [0.25, 0.3) is 0 Å². The number of esters is 1. The molecule has 0 spiro atoms. The van der Waals surface area contributed by atoms with Crippen molar-refractivity contribution >= 4 is 33.7 Å². The van der Waals surface area contributed by atoms with Gasteiger partial charge in [-0.15, -0.1) is 0 Å². The number of fused-ring (bicyclic) bond motifs is 3. The molecule has 6 nitrogen and oxygen atoms in total. The van der Waals surface area contributed by atoms with Crippen LogP contribution in [0.15, 0.2) is 24.3 Å². The van der Waals surface area contributed by atoms with E-state index in [1.807, 2.05) is 65.8 Å². The maximum absolute atomic E-state index is 12.1. The van der Waals surface area contributed by atoms with Gasteiger partial charge in [-0.05, 0) is 26.8 Å². The zero-order valence-corrected chi connectivity index (χ0v) is 17.2. The van der Waals surface area contributed by atoms with Crippen molar-refractivity contribution in [2.45, 2.75) is 66.5 Å². The van der Waals surface area contributed by atoms with Gasteiger partial charge in [-0.25, -0.2) is 9.97 Å². The van der Waals surface area contributed by atoms with E-state index >= 15 is 0 Å². The largest absolute Gasteiger partial charge is 0.460 e. The monoisotopic (exact) mass is 370 g/mol. The minimum atomic E-state index is -0.483. The molecule has 0 radical (unpaired) electrons. The number of ether oxygens (including phenoxy) is 1. The van der Waals surface area contributed by atoms with Gasteiger partial charge < -0.3 is 15.0 Å². The Morgan fingerprint density at radius 3 is 2.48 bits per heavy atom. The lowest BCUT2D eigenvalue weighted by molar-refractivity contribution is -0.155. The second-order valence-electron chi connectivity index (χ2n) is 7.08. The molecule has 0 saturated carbocycles. The SMILES string of the molecule is CC.CCc1nc2c(N)nc3ccccc3c2n1CCC(=O)OC(C)(C)C. The summed E-state index contributed by atoms with van der Waals surface area (Å²) in [4.78, 5) is 21.2. The number of para-hydroxylation sites is 1. The molecule has 0 amide bonds. The quantitative estimate of drug-likeness (QED) is 0.684. The fraction of sp³-hybridized carbons (Fsp3) is 0.476. The highest BCUT2D eigenvalue weighted by Crippen LogP contribution is 2.29. The molecule has 2 heterocycles. The standard InChI is InChI=1S/C19H24N4O2.C2H6/c1-5-14-22-16-17(12-8-6-7-9-13(12)21-18(16)20)23(14)11-10-15(24)25-19(2,3)4;1-2/h6-9H,5,10-11H2,1-4H3,(H2,20,21);1-2H3. The highest BCUT2D eigenvalue weighted by Gasteiger charge is 2.19. The number of aryl methyl sites for hydroxylation is 2. The molecule has 146 valence electrons. The van der Waals surface area contributed by atoms with Crippen molar-refractivity contribution in [3.8, 4) is 0 Å². The number of rotatable bonds is 4. The van der Waals surface area contributed by atoms with Gasteiger partial charge in [0.15, 0.2) is 5.82 Å². The summed E-state index contributed by atoms with van der Waals surface area (Å²) in [5, 5.41) is 0.989. The molecular formula is C21H30N4O2. The first-order valence-corrected chi connectivity index (χ1v) is 9.55. The molecule has 0 saturated heterocycles. The Hall–Kier alpha value is -2.63. The molecule has 0 aliphatic carbocycles. The van der Waals surface area contributed by atoms with Crippen LogP contribution in [0.5, 0.6) is 0 Å². The first-order chi connectivity index (χ1) is 12.8. The first-order valence-electron chi connectivity index (χ1n) is 9.55. The lowest BCUT2D eigenvalue weighted by Crippen LogP contribution is -2.24. The summed E-state index contributed by atoms with van der Waals surface area (Å²) in [5.74, 6) is 1.09. The molecule has 0 atom stereocenters. The topological polar surface area (TPSA) is 83.0 Å². The number of hydrogen-bond donors (Lipinski definition) is 1. The number of benzene rings is 1. The molecule has 0 bridgehead atoms. The van der Waals surface area contributed by atoms with Crippen molar-refractivity contribution in [3.63, 3.8) is 0 Å². The van der Waals surface area contributed by atoms with E-state index in [-0.39, 0.29) is 12.4 Å². The van der Waals surface area contributed by atoms with E-state index in [0.717, 1.165) is 28.7 Å². The highest BCUT2D eigenvalue weighted by molar-refractivity contribution is 6.06. The Labute approximate surface area is 160 Å². The summed E-state index contributed by atoms with van der Waals surface area (Å²) >= 11 is 0. The molecule has 2 aromatic heterocycles. The number of imidazole rings is 1. The third kappa shape index (κ3) is 4.56. The minimum absolute atomic E-state index is 0.220. The van der Waals surface area contributed by atoms with Crippen molar-refractivity contribution in [1.29, 1.82) is 0 Å². The van der Waals surface area contributed by atoms with E-state index < -0.39 is 5.60 Å². The zero-order chi connectivity index (χ0) is 20.2. The lowest BCUT2D eigenvalue weighted by atomic mass is 10.2. The van der Waals surface area contributed by atoms with E-state index in [4.69, 9.17) is 10.5 Å². The van der Waals surface area contributed by atoms with Crippen molar-refractivity contribution < 1.29 is 9.53 Å². The Balaban J connectivity index is 0.00000126. The zero-order valence-electron chi connectivity index (χ0n) is 17.2. The Morgan fingerprint density at radius 2 is 1.85 bits per heavy atom. The van der Waals surface area contributed by atoms with Gasteiger partial charge in [-0.1, -0.05) is 39.0 Å². The van der Waals surface area contributed by atoms with Crippen LogP contribution in [-0.2, 0) is 22.5 Å². The predicted octanol–water partition coefficient (Wildman–Crippen LogP) is 4.49. The number of nitrogens with two attached hydrogens (primary N) is 1. The Morgan fingerprint density at radius 1 is 1.19 bits per heavy atom. The number of carbonyl (C=O) groups excluding carboxylic acids is 1. The number of hydrogen-bond acceptors (Lipinski definition) is 5. The average molecular weight is 370 g/mol. The van der Waals surface area contributed by atoms with Crippen LogP contribution in [0.2, 0.25) is 0 Å². The molecule has 3 rings (SSSR count). The molecule has 0 fully saturated rings. The number of carbonyl (C=O) groups is 1. The normalized spacial score (nSPS) is 11.3. The fourth-order valence-corrected chi connectivity index (χ4v) is 3.01. The van der Waals surface area contributed by atoms with Gasteiger partial charge >= 0.3 is 5.97 Å². The van der Waals surface area contributed by atoms with E-state index in [2.05, 4.69) is 14.5 Å². The van der Waals surface area contributed by atoms with Crippen LogP contribution in [-0.4, -0.2) is 26.1 Å². The van der Waals surface area contributed by atoms with Crippen LogP contribution in [0.3, 0.4) is 0 Å². The number of aromatic nitrogens is 3. The molecular weight excluding hydrogens is 340 g/mol. The van der Waals surface area contributed by atoms with Gasteiger partial charge in [0.1, 0.15) is 16.9 Å². The van der Waals surface area contributed by atoms with Crippen molar-refractivity contribution in [1.82, 2.24) is 14.5 Å². The number of anilines is 1. The van der Waals surface area contributed by atoms with E-state index in [1.165, 1.54) is 0 Å². The summed E-state index contributed by atoms with van der Waals surface area (Å²) in [6.07, 6.45) is 1.03. The van der Waals surface area contributed by atoms with Crippen LogP contribution in [0, 0.1) is 0 Å². The first kappa shape index (κ1) is 20.7. The van der Waals surface area contributed by atoms with Crippen LogP contribution < -0.4 is 5.73 Å². The van der Waals surface area contributed by atoms with Gasteiger partial charge in [0.2, 0.25) is 0 Å². The van der Waals surface area contributed by atoms with Crippen LogP contribution in [0.1, 0.15) is 53.8 Å². The maximum atomic E-state index is 12.1. The van der Waals surface area contributed by atoms with Gasteiger partial charge in [-0.3, -0.25) is 4.79 Å². The third-order valence-electron chi connectivity index (χ3n) is 3.97. The lowest BCUT2D eigenvalue weighted by Gasteiger charge is -2.19. The molecule has 27 heavy (non-hydrogen) atoms. The Bertz CT molecular complexity index is 939. The molecule has 0 unspecified atom stereocenters. The van der Waals surface area contributed by atoms with Crippen LogP contribution in [0.4, 0.5) is 5.82 Å². The van der Waals surface area contributed by atoms with Crippen LogP contribution >= 0.6 is 0 Å². The van der Waals surface area contributed by atoms with Gasteiger partial charge in [-0.2, -0.15) is 0 Å². The van der Waals surface area contributed by atoms with Crippen LogP contribution in [0.25, 0.3) is 21.9 Å². The third-order valence-corrected chi connectivity index (χ3v) is 3.97. The molecule has 2 N–H and O–H groups in total. The van der Waals surface area contributed by atoms with E-state index in [9.17, 15) is 4.79 Å². The smallest absolute Gasteiger partial charge is 0.308 e. The van der Waals surface area contributed by atoms with E-state index in [1.54, 1.807) is 0 Å². The molecule has 0 aliphatic heterocycles. The van der Waals surface area contributed by atoms with Crippen molar-refractivity contribution in [2.24, 2.45) is 0 Å². The van der Waals surface area contributed by atoms with Gasteiger partial charge in [0, 0.05) is 18.4 Å². The molecule has 0 aliphatic rings. The highest BCUT2D eigenvalue weighted by atomic mass is 16.6. The second kappa shape index (κ2) is 8.37. The number of nitrogen functional groups attached to an aromatic ring is 1. The summed E-state index contributed by atoms with van der Waals surface area (Å²) < 4.78 is 7.49. The van der Waals surface area contributed by atoms with Crippen molar-refractivity contribution in [3.05, 3.63) is 30.1 Å². The minimum Gasteiger partial charge on any atom is -0.460 e. The van der Waals surface area contributed by atoms with Gasteiger partial charge in [0.05, 0.1) is 17.5 Å². The summed E-state index contributed by atoms with van der Waals surface area (Å²) in [6.45, 7) is 12.2. The van der Waals surface area contributed by atoms with E-state index in [0.29, 0.717) is 17.9 Å². The second-order valence-corrected chi connectivity index (χ2v) is 7.08. The summed E-state index contributed by atoms with van der Waals surface area (Å²) in [6, 6.07) is 7.84. The molecule has 1 aromatic carbocycles. The molecule has 6 heteroatoms. The molecule has 3 aromatic rings.